The number of halogens is 1. The number of nitrogens with one attached hydrogen (secondary N) is 2. The average molecular weight is 295 g/mol. The van der Waals surface area contributed by atoms with E-state index in [1.807, 2.05) is 13.0 Å². The highest BCUT2D eigenvalue weighted by molar-refractivity contribution is 6.31. The molecule has 3 nitrogen and oxygen atoms in total. The Morgan fingerprint density at radius 1 is 1.35 bits per heavy atom. The van der Waals surface area contributed by atoms with E-state index in [9.17, 15) is 4.79 Å². The fraction of sp³-hybridized carbons (Fsp3) is 0.562. The normalized spacial score (nSPS) is 15.8. The number of benzene rings is 1. The molecule has 1 amide bonds. The Labute approximate surface area is 126 Å². The largest absolute Gasteiger partial charge is 0.385 e. The van der Waals surface area contributed by atoms with Crippen molar-refractivity contribution in [1.82, 2.24) is 5.32 Å². The van der Waals surface area contributed by atoms with Crippen LogP contribution in [0.1, 0.15) is 49.9 Å². The lowest BCUT2D eigenvalue weighted by atomic mass is 10.0. The van der Waals surface area contributed by atoms with Crippen LogP contribution >= 0.6 is 11.6 Å². The molecule has 1 fully saturated rings. The van der Waals surface area contributed by atoms with Gasteiger partial charge in [0.05, 0.1) is 5.56 Å². The SMILES string of the molecule is CCCC1(CNC(=O)c2cc(Cl)ccc2NCC)CC1. The van der Waals surface area contributed by atoms with Gasteiger partial charge >= 0.3 is 0 Å². The molecule has 1 aliphatic carbocycles. The van der Waals surface area contributed by atoms with Crippen LogP contribution in [0.5, 0.6) is 0 Å². The monoisotopic (exact) mass is 294 g/mol. The number of carbonyl (C=O) groups excluding carboxylic acids is 1. The number of amides is 1. The number of rotatable bonds is 7. The maximum atomic E-state index is 12.4. The van der Waals surface area contributed by atoms with Crippen molar-refractivity contribution >= 4 is 23.2 Å². The molecule has 0 atom stereocenters. The van der Waals surface area contributed by atoms with Gasteiger partial charge in [0.1, 0.15) is 0 Å². The quantitative estimate of drug-likeness (QED) is 0.795. The first-order valence-electron chi connectivity index (χ1n) is 7.42. The number of carbonyl (C=O) groups is 1. The highest BCUT2D eigenvalue weighted by Crippen LogP contribution is 2.48. The molecule has 2 rings (SSSR count). The van der Waals surface area contributed by atoms with E-state index in [0.29, 0.717) is 16.0 Å². The van der Waals surface area contributed by atoms with Crippen LogP contribution in [0.4, 0.5) is 5.69 Å². The fourth-order valence-corrected chi connectivity index (χ4v) is 2.81. The van der Waals surface area contributed by atoms with Crippen molar-refractivity contribution in [3.63, 3.8) is 0 Å². The van der Waals surface area contributed by atoms with Crippen LogP contribution in [0.3, 0.4) is 0 Å². The molecule has 1 aromatic carbocycles. The third kappa shape index (κ3) is 3.66. The summed E-state index contributed by atoms with van der Waals surface area (Å²) >= 11 is 6.01. The Morgan fingerprint density at radius 2 is 2.10 bits per heavy atom. The molecule has 1 aliphatic rings. The second kappa shape index (κ2) is 6.49. The molecule has 0 heterocycles. The van der Waals surface area contributed by atoms with Gasteiger partial charge in [-0.3, -0.25) is 4.79 Å². The Kier molecular flexibility index (Phi) is 4.92. The third-order valence-electron chi connectivity index (χ3n) is 3.95. The van der Waals surface area contributed by atoms with Gasteiger partial charge in [-0.15, -0.1) is 0 Å². The lowest BCUT2D eigenvalue weighted by Crippen LogP contribution is -2.30. The molecule has 0 spiro atoms. The molecule has 1 saturated carbocycles. The van der Waals surface area contributed by atoms with E-state index in [1.54, 1.807) is 12.1 Å². The van der Waals surface area contributed by atoms with Gasteiger partial charge in [0.15, 0.2) is 0 Å². The lowest BCUT2D eigenvalue weighted by molar-refractivity contribution is 0.0944. The Morgan fingerprint density at radius 3 is 2.70 bits per heavy atom. The molecule has 0 aliphatic heterocycles. The van der Waals surface area contributed by atoms with Gasteiger partial charge < -0.3 is 10.6 Å². The first-order valence-corrected chi connectivity index (χ1v) is 7.79. The summed E-state index contributed by atoms with van der Waals surface area (Å²) in [6, 6.07) is 5.39. The van der Waals surface area contributed by atoms with Crippen molar-refractivity contribution in [3.05, 3.63) is 28.8 Å². The van der Waals surface area contributed by atoms with E-state index in [2.05, 4.69) is 17.6 Å². The zero-order valence-corrected chi connectivity index (χ0v) is 13.0. The molecule has 1 aromatic rings. The van der Waals surface area contributed by atoms with Gasteiger partial charge in [0, 0.05) is 23.8 Å². The maximum Gasteiger partial charge on any atom is 0.253 e. The Bertz CT molecular complexity index is 483. The minimum absolute atomic E-state index is 0.0363. The molecule has 110 valence electrons. The summed E-state index contributed by atoms with van der Waals surface area (Å²) < 4.78 is 0. The average Bonchev–Trinajstić information content (AvgIpc) is 3.19. The summed E-state index contributed by atoms with van der Waals surface area (Å²) in [6.07, 6.45) is 4.84. The van der Waals surface area contributed by atoms with E-state index >= 15 is 0 Å². The summed E-state index contributed by atoms with van der Waals surface area (Å²) in [5.74, 6) is -0.0363. The van der Waals surface area contributed by atoms with Crippen LogP contribution in [-0.2, 0) is 0 Å². The van der Waals surface area contributed by atoms with Gasteiger partial charge in [0.25, 0.3) is 5.91 Å². The van der Waals surface area contributed by atoms with Crippen molar-refractivity contribution in [2.24, 2.45) is 5.41 Å². The summed E-state index contributed by atoms with van der Waals surface area (Å²) in [6.45, 7) is 5.76. The van der Waals surface area contributed by atoms with Crippen LogP contribution < -0.4 is 10.6 Å². The first-order chi connectivity index (χ1) is 9.60. The summed E-state index contributed by atoms with van der Waals surface area (Å²) in [7, 11) is 0. The van der Waals surface area contributed by atoms with Crippen molar-refractivity contribution in [2.75, 3.05) is 18.4 Å². The molecule has 0 bridgehead atoms. The lowest BCUT2D eigenvalue weighted by Gasteiger charge is -2.16. The molecule has 0 unspecified atom stereocenters. The Balaban J connectivity index is 2.03. The van der Waals surface area contributed by atoms with E-state index in [-0.39, 0.29) is 5.91 Å². The van der Waals surface area contributed by atoms with E-state index < -0.39 is 0 Å². The van der Waals surface area contributed by atoms with Crippen molar-refractivity contribution < 1.29 is 4.79 Å². The molecule has 0 saturated heterocycles. The molecule has 20 heavy (non-hydrogen) atoms. The third-order valence-corrected chi connectivity index (χ3v) is 4.19. The van der Waals surface area contributed by atoms with Crippen molar-refractivity contribution in [3.8, 4) is 0 Å². The summed E-state index contributed by atoms with van der Waals surface area (Å²) in [5, 5.41) is 6.87. The molecular weight excluding hydrogens is 272 g/mol. The van der Waals surface area contributed by atoms with E-state index in [0.717, 1.165) is 18.8 Å². The van der Waals surface area contributed by atoms with Crippen molar-refractivity contribution in [2.45, 2.75) is 39.5 Å². The molecule has 4 heteroatoms. The van der Waals surface area contributed by atoms with Gasteiger partial charge in [-0.25, -0.2) is 0 Å². The second-order valence-electron chi connectivity index (χ2n) is 5.65. The number of hydrogen-bond donors (Lipinski definition) is 2. The minimum atomic E-state index is -0.0363. The van der Waals surface area contributed by atoms with E-state index in [1.165, 1.54) is 25.7 Å². The predicted octanol–water partition coefficient (Wildman–Crippen LogP) is 4.08. The van der Waals surface area contributed by atoms with Crippen LogP contribution in [0, 0.1) is 5.41 Å². The Hall–Kier alpha value is -1.22. The highest BCUT2D eigenvalue weighted by atomic mass is 35.5. The zero-order chi connectivity index (χ0) is 14.6. The zero-order valence-electron chi connectivity index (χ0n) is 12.3. The van der Waals surface area contributed by atoms with Crippen molar-refractivity contribution in [1.29, 1.82) is 0 Å². The molecule has 2 N–H and O–H groups in total. The summed E-state index contributed by atoms with van der Waals surface area (Å²) in [5.41, 5.74) is 1.84. The van der Waals surface area contributed by atoms with E-state index in [4.69, 9.17) is 11.6 Å². The fourth-order valence-electron chi connectivity index (χ4n) is 2.63. The van der Waals surface area contributed by atoms with Gasteiger partial charge in [-0.1, -0.05) is 24.9 Å². The molecule has 0 radical (unpaired) electrons. The van der Waals surface area contributed by atoms with Crippen LogP contribution in [0.15, 0.2) is 18.2 Å². The van der Waals surface area contributed by atoms with Gasteiger partial charge in [-0.2, -0.15) is 0 Å². The van der Waals surface area contributed by atoms with Gasteiger partial charge in [0.2, 0.25) is 0 Å². The number of hydrogen-bond acceptors (Lipinski definition) is 2. The maximum absolute atomic E-state index is 12.4. The van der Waals surface area contributed by atoms with Crippen LogP contribution in [-0.4, -0.2) is 19.0 Å². The first kappa shape index (κ1) is 15.2. The predicted molar refractivity (Wildman–Crippen MR) is 84.5 cm³/mol. The smallest absolute Gasteiger partial charge is 0.253 e. The molecular formula is C16H23ClN2O. The number of anilines is 1. The van der Waals surface area contributed by atoms with Crippen LogP contribution in [0.2, 0.25) is 5.02 Å². The highest BCUT2D eigenvalue weighted by Gasteiger charge is 2.41. The minimum Gasteiger partial charge on any atom is -0.385 e. The topological polar surface area (TPSA) is 41.1 Å². The molecule has 0 aromatic heterocycles. The second-order valence-corrected chi connectivity index (χ2v) is 6.09. The van der Waals surface area contributed by atoms with Gasteiger partial charge in [-0.05, 0) is 49.8 Å². The standard InChI is InChI=1S/C16H23ClN2O/c1-3-7-16(8-9-16)11-19-15(20)13-10-12(17)5-6-14(13)18-4-2/h5-6,10,18H,3-4,7-9,11H2,1-2H3,(H,19,20). The summed E-state index contributed by atoms with van der Waals surface area (Å²) in [4.78, 5) is 12.4. The van der Waals surface area contributed by atoms with Crippen LogP contribution in [0.25, 0.3) is 0 Å².